The lowest BCUT2D eigenvalue weighted by Gasteiger charge is -2.26. The number of carbonyl (C=O) groups is 1. The molecule has 0 aromatic heterocycles. The molecule has 0 aliphatic carbocycles. The van der Waals surface area contributed by atoms with Gasteiger partial charge in [0.1, 0.15) is 0 Å². The average molecular weight is 340 g/mol. The van der Waals surface area contributed by atoms with Crippen molar-refractivity contribution in [2.45, 2.75) is 19.4 Å². The van der Waals surface area contributed by atoms with Crippen LogP contribution in [0.5, 0.6) is 0 Å². The van der Waals surface area contributed by atoms with Gasteiger partial charge < -0.3 is 5.32 Å². The topological polar surface area (TPSA) is 32.3 Å². The first-order chi connectivity index (χ1) is 11.8. The molecule has 0 radical (unpaired) electrons. The predicted molar refractivity (Wildman–Crippen MR) is 103 cm³/mol. The van der Waals surface area contributed by atoms with Crippen LogP contribution in [0.2, 0.25) is 0 Å². The molecule has 126 valence electrons. The molecule has 1 aliphatic rings. The summed E-state index contributed by atoms with van der Waals surface area (Å²) < 4.78 is 0. The average Bonchev–Trinajstić information content (AvgIpc) is 2.91. The van der Waals surface area contributed by atoms with Crippen molar-refractivity contribution in [3.63, 3.8) is 0 Å². The number of carbonyl (C=O) groups excluding carboxylic acids is 1. The summed E-state index contributed by atoms with van der Waals surface area (Å²) in [6.07, 6.45) is 1.16. The smallest absolute Gasteiger partial charge is 0.241 e. The van der Waals surface area contributed by atoms with Gasteiger partial charge in [0.25, 0.3) is 0 Å². The molecule has 1 amide bonds. The largest absolute Gasteiger partial charge is 0.324 e. The maximum Gasteiger partial charge on any atom is 0.241 e. The van der Waals surface area contributed by atoms with Crippen LogP contribution in [0.4, 0.5) is 5.69 Å². The Balaban J connectivity index is 1.75. The lowest BCUT2D eigenvalue weighted by molar-refractivity contribution is -0.120. The SMILES string of the molecule is CC(C(=O)Nc1ccccc1-c1ccccc1)N1CCCSCC1. The number of rotatable bonds is 4. The van der Waals surface area contributed by atoms with Gasteiger partial charge in [-0.25, -0.2) is 0 Å². The highest BCUT2D eigenvalue weighted by molar-refractivity contribution is 7.99. The number of thioether (sulfide) groups is 1. The lowest BCUT2D eigenvalue weighted by Crippen LogP contribution is -2.43. The number of nitrogens with one attached hydrogen (secondary N) is 1. The van der Waals surface area contributed by atoms with E-state index in [0.29, 0.717) is 0 Å². The summed E-state index contributed by atoms with van der Waals surface area (Å²) in [6, 6.07) is 18.1. The molecule has 2 aromatic rings. The highest BCUT2D eigenvalue weighted by atomic mass is 32.2. The van der Waals surface area contributed by atoms with Gasteiger partial charge in [0, 0.05) is 23.5 Å². The summed E-state index contributed by atoms with van der Waals surface area (Å²) in [4.78, 5) is 15.0. The number of nitrogens with zero attached hydrogens (tertiary/aromatic N) is 1. The molecule has 3 nitrogen and oxygen atoms in total. The van der Waals surface area contributed by atoms with Crippen molar-refractivity contribution in [3.8, 4) is 11.1 Å². The fourth-order valence-corrected chi connectivity index (χ4v) is 3.92. The van der Waals surface area contributed by atoms with Crippen LogP contribution in [0.3, 0.4) is 0 Å². The van der Waals surface area contributed by atoms with Crippen LogP contribution >= 0.6 is 11.8 Å². The molecule has 0 saturated carbocycles. The first-order valence-corrected chi connectivity index (χ1v) is 9.68. The van der Waals surface area contributed by atoms with E-state index in [-0.39, 0.29) is 11.9 Å². The van der Waals surface area contributed by atoms with Crippen molar-refractivity contribution in [3.05, 3.63) is 54.6 Å². The predicted octanol–water partition coefficient (Wildman–Crippen LogP) is 4.12. The first kappa shape index (κ1) is 17.1. The summed E-state index contributed by atoms with van der Waals surface area (Å²) in [6.45, 7) is 4.00. The van der Waals surface area contributed by atoms with E-state index in [2.05, 4.69) is 28.4 Å². The van der Waals surface area contributed by atoms with E-state index >= 15 is 0 Å². The highest BCUT2D eigenvalue weighted by Gasteiger charge is 2.22. The molecule has 0 bridgehead atoms. The summed E-state index contributed by atoms with van der Waals surface area (Å²) >= 11 is 1.98. The van der Waals surface area contributed by atoms with Crippen LogP contribution in [0.15, 0.2) is 54.6 Å². The van der Waals surface area contributed by atoms with E-state index in [1.54, 1.807) is 0 Å². The Morgan fingerprint density at radius 2 is 1.79 bits per heavy atom. The maximum atomic E-state index is 12.7. The van der Waals surface area contributed by atoms with Gasteiger partial charge in [-0.15, -0.1) is 0 Å². The molecule has 3 rings (SSSR count). The minimum absolute atomic E-state index is 0.0743. The Morgan fingerprint density at radius 3 is 2.62 bits per heavy atom. The van der Waals surface area contributed by atoms with Gasteiger partial charge in [-0.05, 0) is 37.3 Å². The van der Waals surface area contributed by atoms with Crippen LogP contribution in [0, 0.1) is 0 Å². The number of anilines is 1. The van der Waals surface area contributed by atoms with Crippen molar-refractivity contribution < 1.29 is 4.79 Å². The van der Waals surface area contributed by atoms with Crippen molar-refractivity contribution in [1.29, 1.82) is 0 Å². The molecule has 24 heavy (non-hydrogen) atoms. The molecule has 1 fully saturated rings. The quantitative estimate of drug-likeness (QED) is 0.909. The van der Waals surface area contributed by atoms with E-state index in [4.69, 9.17) is 0 Å². The summed E-state index contributed by atoms with van der Waals surface area (Å²) in [5.74, 6) is 2.38. The second kappa shape index (κ2) is 8.36. The van der Waals surface area contributed by atoms with Crippen LogP contribution in [0.1, 0.15) is 13.3 Å². The molecule has 1 heterocycles. The van der Waals surface area contributed by atoms with Crippen LogP contribution in [-0.2, 0) is 4.79 Å². The zero-order chi connectivity index (χ0) is 16.8. The summed E-state index contributed by atoms with van der Waals surface area (Å²) in [5.41, 5.74) is 3.06. The minimum Gasteiger partial charge on any atom is -0.324 e. The normalized spacial score (nSPS) is 17.0. The molecule has 1 unspecified atom stereocenters. The minimum atomic E-state index is -0.104. The van der Waals surface area contributed by atoms with Gasteiger partial charge in [0.05, 0.1) is 6.04 Å². The molecule has 1 atom stereocenters. The summed E-state index contributed by atoms with van der Waals surface area (Å²) in [5, 5.41) is 3.14. The zero-order valence-corrected chi connectivity index (χ0v) is 14.9. The van der Waals surface area contributed by atoms with E-state index in [9.17, 15) is 4.79 Å². The number of benzene rings is 2. The Kier molecular flexibility index (Phi) is 5.94. The Hall–Kier alpha value is -1.78. The highest BCUT2D eigenvalue weighted by Crippen LogP contribution is 2.27. The summed E-state index contributed by atoms with van der Waals surface area (Å²) in [7, 11) is 0. The van der Waals surface area contributed by atoms with Crippen molar-refractivity contribution in [2.75, 3.05) is 29.9 Å². The van der Waals surface area contributed by atoms with Crippen molar-refractivity contribution in [1.82, 2.24) is 4.90 Å². The van der Waals surface area contributed by atoms with E-state index in [1.807, 2.05) is 55.1 Å². The number of para-hydroxylation sites is 1. The molecular formula is C20H24N2OS. The van der Waals surface area contributed by atoms with Crippen LogP contribution in [0.25, 0.3) is 11.1 Å². The van der Waals surface area contributed by atoms with Gasteiger partial charge in [-0.2, -0.15) is 11.8 Å². The fourth-order valence-electron chi connectivity index (χ4n) is 3.02. The maximum absolute atomic E-state index is 12.7. The molecule has 0 spiro atoms. The van der Waals surface area contributed by atoms with Gasteiger partial charge in [-0.3, -0.25) is 9.69 Å². The zero-order valence-electron chi connectivity index (χ0n) is 14.1. The third-order valence-electron chi connectivity index (χ3n) is 4.45. The van der Waals surface area contributed by atoms with E-state index in [1.165, 1.54) is 5.75 Å². The molecule has 1 N–H and O–H groups in total. The number of amides is 1. The van der Waals surface area contributed by atoms with E-state index in [0.717, 1.165) is 42.1 Å². The standard InChI is InChI=1S/C20H24N2OS/c1-16(22-12-7-14-24-15-13-22)20(23)21-19-11-6-5-10-18(19)17-8-3-2-4-9-17/h2-6,8-11,16H,7,12-15H2,1H3,(H,21,23). The van der Waals surface area contributed by atoms with Crippen LogP contribution in [-0.4, -0.2) is 41.4 Å². The van der Waals surface area contributed by atoms with Crippen molar-refractivity contribution in [2.24, 2.45) is 0 Å². The molecule has 4 heteroatoms. The van der Waals surface area contributed by atoms with Gasteiger partial charge in [0.15, 0.2) is 0 Å². The van der Waals surface area contributed by atoms with Gasteiger partial charge in [-0.1, -0.05) is 48.5 Å². The second-order valence-electron chi connectivity index (χ2n) is 6.08. The third-order valence-corrected chi connectivity index (χ3v) is 5.50. The molecule has 1 aliphatic heterocycles. The Morgan fingerprint density at radius 1 is 1.04 bits per heavy atom. The van der Waals surface area contributed by atoms with Crippen molar-refractivity contribution >= 4 is 23.4 Å². The Labute approximate surface area is 148 Å². The Bertz CT molecular complexity index is 666. The number of hydrogen-bond acceptors (Lipinski definition) is 3. The molecular weight excluding hydrogens is 316 g/mol. The molecule has 2 aromatic carbocycles. The van der Waals surface area contributed by atoms with Gasteiger partial charge in [0.2, 0.25) is 5.91 Å². The molecule has 1 saturated heterocycles. The first-order valence-electron chi connectivity index (χ1n) is 8.53. The third kappa shape index (κ3) is 4.19. The van der Waals surface area contributed by atoms with Crippen LogP contribution < -0.4 is 5.32 Å². The fraction of sp³-hybridized carbons (Fsp3) is 0.350. The van der Waals surface area contributed by atoms with Gasteiger partial charge >= 0.3 is 0 Å². The van der Waals surface area contributed by atoms with E-state index < -0.39 is 0 Å². The monoisotopic (exact) mass is 340 g/mol. The second-order valence-corrected chi connectivity index (χ2v) is 7.30. The number of hydrogen-bond donors (Lipinski definition) is 1. The lowest BCUT2D eigenvalue weighted by atomic mass is 10.0.